The summed E-state index contributed by atoms with van der Waals surface area (Å²) < 4.78 is 55.2. The Morgan fingerprint density at radius 1 is 1.22 bits per heavy atom. The molecule has 0 aliphatic carbocycles. The van der Waals surface area contributed by atoms with Gasteiger partial charge in [-0.2, -0.15) is 5.10 Å². The number of halogens is 3. The molecule has 0 radical (unpaired) electrons. The molecule has 6 nitrogen and oxygen atoms in total. The van der Waals surface area contributed by atoms with Crippen LogP contribution in [0, 0.1) is 11.6 Å². The molecule has 0 saturated carbocycles. The fourth-order valence-electron chi connectivity index (χ4n) is 2.40. The molecule has 10 heteroatoms. The summed E-state index contributed by atoms with van der Waals surface area (Å²) in [6.45, 7) is -0.822. The minimum absolute atomic E-state index is 0.0359. The molecule has 0 bridgehead atoms. The third kappa shape index (κ3) is 4.05. The van der Waals surface area contributed by atoms with Crippen LogP contribution in [0.5, 0.6) is 0 Å². The molecule has 3 rings (SSSR count). The Hall–Kier alpha value is -2.62. The van der Waals surface area contributed by atoms with Gasteiger partial charge in [-0.15, -0.1) is 0 Å². The first-order chi connectivity index (χ1) is 12.8. The number of hydrogen-bond acceptors (Lipinski definition) is 4. The molecule has 0 amide bonds. The summed E-state index contributed by atoms with van der Waals surface area (Å²) in [5.74, 6) is -3.24. The van der Waals surface area contributed by atoms with Crippen molar-refractivity contribution in [1.82, 2.24) is 14.9 Å². The Balaban J connectivity index is 1.86. The van der Waals surface area contributed by atoms with Gasteiger partial charge in [0.25, 0.3) is 0 Å². The highest BCUT2D eigenvalue weighted by Crippen LogP contribution is 2.26. The van der Waals surface area contributed by atoms with Gasteiger partial charge < -0.3 is 0 Å². The lowest BCUT2D eigenvalue weighted by molar-refractivity contribution is 0.0989. The second-order valence-corrected chi connectivity index (χ2v) is 7.68. The quantitative estimate of drug-likeness (QED) is 0.609. The Kier molecular flexibility index (Phi) is 5.36. The van der Waals surface area contributed by atoms with Gasteiger partial charge in [-0.05, 0) is 30.3 Å². The summed E-state index contributed by atoms with van der Waals surface area (Å²) in [6, 6.07) is 7.48. The van der Waals surface area contributed by atoms with Crippen molar-refractivity contribution >= 4 is 27.4 Å². The van der Waals surface area contributed by atoms with Gasteiger partial charge in [0.05, 0.1) is 23.2 Å². The van der Waals surface area contributed by atoms with Crippen LogP contribution in [0.15, 0.2) is 53.7 Å². The van der Waals surface area contributed by atoms with E-state index in [4.69, 9.17) is 11.6 Å². The van der Waals surface area contributed by atoms with Crippen molar-refractivity contribution in [2.45, 2.75) is 4.90 Å². The summed E-state index contributed by atoms with van der Waals surface area (Å²) in [6.07, 6.45) is 2.69. The summed E-state index contributed by atoms with van der Waals surface area (Å²) in [7, 11) is -4.08. The molecule has 1 heterocycles. The van der Waals surface area contributed by atoms with E-state index in [0.29, 0.717) is 5.56 Å². The molecule has 27 heavy (non-hydrogen) atoms. The number of ketones is 1. The Labute approximate surface area is 158 Å². The van der Waals surface area contributed by atoms with Crippen LogP contribution in [-0.2, 0) is 10.0 Å². The number of nitrogens with zero attached hydrogens (tertiary/aromatic N) is 1. The Morgan fingerprint density at radius 2 is 2.00 bits per heavy atom. The summed E-state index contributed by atoms with van der Waals surface area (Å²) in [4.78, 5) is 12.1. The fourth-order valence-corrected chi connectivity index (χ4v) is 3.68. The molecular formula is C17H12ClF2N3O3S. The van der Waals surface area contributed by atoms with Gasteiger partial charge in [0.1, 0.15) is 11.6 Å². The van der Waals surface area contributed by atoms with Crippen LogP contribution in [0.1, 0.15) is 10.4 Å². The second-order valence-electron chi connectivity index (χ2n) is 5.48. The van der Waals surface area contributed by atoms with Crippen molar-refractivity contribution in [1.29, 1.82) is 0 Å². The van der Waals surface area contributed by atoms with Crippen molar-refractivity contribution < 1.29 is 22.0 Å². The lowest BCUT2D eigenvalue weighted by atomic mass is 10.0. The van der Waals surface area contributed by atoms with Crippen LogP contribution < -0.4 is 4.72 Å². The number of hydrogen-bond donors (Lipinski definition) is 2. The lowest BCUT2D eigenvalue weighted by Crippen LogP contribution is -2.30. The first kappa shape index (κ1) is 19.2. The number of Topliss-reactive ketones (excluding diaryl/α,β-unsaturated/α-hetero) is 1. The molecule has 0 aliphatic rings. The molecule has 2 aromatic carbocycles. The van der Waals surface area contributed by atoms with Crippen LogP contribution >= 0.6 is 11.6 Å². The van der Waals surface area contributed by atoms with E-state index in [1.54, 1.807) is 0 Å². The van der Waals surface area contributed by atoms with E-state index in [2.05, 4.69) is 10.2 Å². The zero-order valence-electron chi connectivity index (χ0n) is 13.5. The SMILES string of the molecule is O=C(CNS(=O)(=O)c1cccc(Cl)c1)c1c(F)ccc(-c2cn[nH]c2)c1F. The molecule has 0 atom stereocenters. The lowest BCUT2D eigenvalue weighted by Gasteiger charge is -2.10. The fraction of sp³-hybridized carbons (Fsp3) is 0.0588. The highest BCUT2D eigenvalue weighted by molar-refractivity contribution is 7.89. The van der Waals surface area contributed by atoms with Gasteiger partial charge in [0.2, 0.25) is 10.0 Å². The van der Waals surface area contributed by atoms with Gasteiger partial charge >= 0.3 is 0 Å². The maximum atomic E-state index is 14.6. The molecule has 0 spiro atoms. The molecule has 1 aromatic heterocycles. The molecule has 0 unspecified atom stereocenters. The molecular weight excluding hydrogens is 400 g/mol. The molecule has 2 N–H and O–H groups in total. The topological polar surface area (TPSA) is 91.9 Å². The number of nitrogens with one attached hydrogen (secondary N) is 2. The summed E-state index contributed by atoms with van der Waals surface area (Å²) >= 11 is 5.75. The minimum Gasteiger partial charge on any atom is -0.292 e. The largest absolute Gasteiger partial charge is 0.292 e. The van der Waals surface area contributed by atoms with Crippen LogP contribution in [0.25, 0.3) is 11.1 Å². The van der Waals surface area contributed by atoms with Gasteiger partial charge in [-0.25, -0.2) is 21.9 Å². The van der Waals surface area contributed by atoms with Crippen LogP contribution in [0.3, 0.4) is 0 Å². The van der Waals surface area contributed by atoms with Gasteiger partial charge in [0.15, 0.2) is 5.78 Å². The average molecular weight is 412 g/mol. The van der Waals surface area contributed by atoms with E-state index in [9.17, 15) is 22.0 Å². The molecule has 140 valence electrons. The highest BCUT2D eigenvalue weighted by atomic mass is 35.5. The Bertz CT molecular complexity index is 1100. The van der Waals surface area contributed by atoms with Crippen LogP contribution in [0.2, 0.25) is 5.02 Å². The third-order valence-corrected chi connectivity index (χ3v) is 5.34. The van der Waals surface area contributed by atoms with Gasteiger partial charge in [0, 0.05) is 22.3 Å². The number of H-pyrrole nitrogens is 1. The number of carbonyl (C=O) groups excluding carboxylic acids is 1. The number of carbonyl (C=O) groups is 1. The van der Waals surface area contributed by atoms with Crippen LogP contribution in [0.4, 0.5) is 8.78 Å². The maximum Gasteiger partial charge on any atom is 0.241 e. The number of rotatable bonds is 6. The van der Waals surface area contributed by atoms with Crippen molar-refractivity contribution in [2.75, 3.05) is 6.54 Å². The monoisotopic (exact) mass is 411 g/mol. The summed E-state index contributed by atoms with van der Waals surface area (Å²) in [5.41, 5.74) is -0.547. The van der Waals surface area contributed by atoms with E-state index < -0.39 is 39.5 Å². The predicted molar refractivity (Wildman–Crippen MR) is 94.9 cm³/mol. The first-order valence-corrected chi connectivity index (χ1v) is 9.41. The van der Waals surface area contributed by atoms with E-state index in [1.807, 2.05) is 4.72 Å². The number of benzene rings is 2. The average Bonchev–Trinajstić information content (AvgIpc) is 3.14. The number of aromatic nitrogens is 2. The standard InChI is InChI=1S/C17H12ClF2N3O3S/c18-11-2-1-3-12(6-11)27(25,26)23-9-15(24)16-14(19)5-4-13(17(16)20)10-7-21-22-8-10/h1-8,23H,9H2,(H,21,22). The second kappa shape index (κ2) is 7.55. The summed E-state index contributed by atoms with van der Waals surface area (Å²) in [5, 5.41) is 6.35. The smallest absolute Gasteiger partial charge is 0.241 e. The van der Waals surface area contributed by atoms with E-state index in [0.717, 1.165) is 6.07 Å². The van der Waals surface area contributed by atoms with Crippen molar-refractivity contribution in [3.63, 3.8) is 0 Å². The van der Waals surface area contributed by atoms with Crippen molar-refractivity contribution in [3.05, 3.63) is 71.0 Å². The van der Waals surface area contributed by atoms with Gasteiger partial charge in [-0.1, -0.05) is 17.7 Å². The molecule has 0 fully saturated rings. The van der Waals surface area contributed by atoms with Gasteiger partial charge in [-0.3, -0.25) is 9.89 Å². The van der Waals surface area contributed by atoms with E-state index >= 15 is 0 Å². The third-order valence-electron chi connectivity index (χ3n) is 3.71. The van der Waals surface area contributed by atoms with E-state index in [-0.39, 0.29) is 15.5 Å². The molecule has 3 aromatic rings. The molecule has 0 aliphatic heterocycles. The Morgan fingerprint density at radius 3 is 2.67 bits per heavy atom. The first-order valence-electron chi connectivity index (χ1n) is 7.55. The van der Waals surface area contributed by atoms with Crippen molar-refractivity contribution in [2.24, 2.45) is 0 Å². The zero-order valence-corrected chi connectivity index (χ0v) is 15.1. The van der Waals surface area contributed by atoms with Crippen LogP contribution in [-0.4, -0.2) is 30.9 Å². The minimum atomic E-state index is -4.08. The molecule has 0 saturated heterocycles. The highest BCUT2D eigenvalue weighted by Gasteiger charge is 2.23. The number of sulfonamides is 1. The normalized spacial score (nSPS) is 11.5. The maximum absolute atomic E-state index is 14.6. The zero-order chi connectivity index (χ0) is 19.6. The predicted octanol–water partition coefficient (Wildman–Crippen LogP) is 3.17. The van der Waals surface area contributed by atoms with E-state index in [1.165, 1.54) is 42.7 Å². The van der Waals surface area contributed by atoms with Crippen molar-refractivity contribution in [3.8, 4) is 11.1 Å². The number of aromatic amines is 1.